The molecule has 1 aromatic heterocycles. The van der Waals surface area contributed by atoms with E-state index >= 15 is 0 Å². The summed E-state index contributed by atoms with van der Waals surface area (Å²) in [5, 5.41) is 2.75. The van der Waals surface area contributed by atoms with Crippen LogP contribution in [0, 0.1) is 13.8 Å². The molecule has 5 heteroatoms. The molecule has 0 aliphatic heterocycles. The fourth-order valence-electron chi connectivity index (χ4n) is 1.75. The van der Waals surface area contributed by atoms with E-state index < -0.39 is 0 Å². The number of carbonyl (C=O) groups excluding carboxylic acids is 1. The maximum atomic E-state index is 12.1. The number of benzene rings is 1. The van der Waals surface area contributed by atoms with Crippen LogP contribution in [0.1, 0.15) is 21.5 Å². The maximum Gasteiger partial charge on any atom is 0.316 e. The average molecular weight is 257 g/mol. The Morgan fingerprint density at radius 1 is 1.21 bits per heavy atom. The first-order valence-electron chi connectivity index (χ1n) is 5.85. The molecular formula is C14H15N3O2. The molecule has 0 radical (unpaired) electrons. The molecule has 0 saturated carbocycles. The molecule has 2 aromatic rings. The van der Waals surface area contributed by atoms with Crippen LogP contribution in [0.5, 0.6) is 6.01 Å². The third kappa shape index (κ3) is 3.07. The van der Waals surface area contributed by atoms with Gasteiger partial charge in [-0.25, -0.2) is 9.97 Å². The predicted octanol–water partition coefficient (Wildman–Crippen LogP) is 2.35. The minimum absolute atomic E-state index is 0.175. The van der Waals surface area contributed by atoms with Crippen LogP contribution in [0.4, 0.5) is 5.69 Å². The smallest absolute Gasteiger partial charge is 0.316 e. The molecule has 5 nitrogen and oxygen atoms in total. The number of anilines is 1. The van der Waals surface area contributed by atoms with Gasteiger partial charge in [0, 0.05) is 5.56 Å². The third-order valence-electron chi connectivity index (χ3n) is 2.70. The number of aryl methyl sites for hydroxylation is 2. The lowest BCUT2D eigenvalue weighted by molar-refractivity contribution is 0.102. The summed E-state index contributed by atoms with van der Waals surface area (Å²) in [6.07, 6.45) is 3.01. The number of hydrogen-bond donors (Lipinski definition) is 1. The first-order chi connectivity index (χ1) is 9.10. The summed E-state index contributed by atoms with van der Waals surface area (Å²) >= 11 is 0. The van der Waals surface area contributed by atoms with E-state index in [1.807, 2.05) is 32.0 Å². The molecule has 0 fully saturated rings. The van der Waals surface area contributed by atoms with Crippen molar-refractivity contribution in [1.29, 1.82) is 0 Å². The number of nitrogens with zero attached hydrogens (tertiary/aromatic N) is 2. The van der Waals surface area contributed by atoms with Crippen molar-refractivity contribution in [3.8, 4) is 6.01 Å². The first-order valence-corrected chi connectivity index (χ1v) is 5.85. The molecule has 19 heavy (non-hydrogen) atoms. The second-order valence-corrected chi connectivity index (χ2v) is 4.23. The fourth-order valence-corrected chi connectivity index (χ4v) is 1.75. The number of carbonyl (C=O) groups is 1. The van der Waals surface area contributed by atoms with Crippen molar-refractivity contribution in [2.75, 3.05) is 12.4 Å². The van der Waals surface area contributed by atoms with E-state index in [1.165, 1.54) is 19.5 Å². The molecule has 1 amide bonds. The van der Waals surface area contributed by atoms with Gasteiger partial charge in [-0.2, -0.15) is 0 Å². The Morgan fingerprint density at radius 3 is 2.47 bits per heavy atom. The van der Waals surface area contributed by atoms with Crippen LogP contribution < -0.4 is 10.1 Å². The topological polar surface area (TPSA) is 64.1 Å². The summed E-state index contributed by atoms with van der Waals surface area (Å²) < 4.78 is 4.86. The maximum absolute atomic E-state index is 12.1. The van der Waals surface area contributed by atoms with Gasteiger partial charge in [0.05, 0.1) is 25.2 Å². The highest BCUT2D eigenvalue weighted by Gasteiger charge is 2.09. The second-order valence-electron chi connectivity index (χ2n) is 4.23. The zero-order chi connectivity index (χ0) is 13.8. The molecule has 0 saturated heterocycles. The van der Waals surface area contributed by atoms with Crippen LogP contribution in [-0.4, -0.2) is 23.0 Å². The highest BCUT2D eigenvalue weighted by atomic mass is 16.5. The van der Waals surface area contributed by atoms with E-state index in [1.54, 1.807) is 0 Å². The molecule has 2 rings (SSSR count). The number of nitrogens with one attached hydrogen (secondary N) is 1. The second kappa shape index (κ2) is 5.48. The van der Waals surface area contributed by atoms with Crippen molar-refractivity contribution in [1.82, 2.24) is 9.97 Å². The zero-order valence-corrected chi connectivity index (χ0v) is 11.1. The van der Waals surface area contributed by atoms with Crippen molar-refractivity contribution < 1.29 is 9.53 Å². The van der Waals surface area contributed by atoms with Gasteiger partial charge in [0.25, 0.3) is 5.91 Å². The SMILES string of the molecule is COc1ncc(NC(=O)c2ccc(C)cc2C)cn1. The van der Waals surface area contributed by atoms with Gasteiger partial charge in [0.15, 0.2) is 0 Å². The highest BCUT2D eigenvalue weighted by Crippen LogP contribution is 2.13. The Kier molecular flexibility index (Phi) is 3.75. The van der Waals surface area contributed by atoms with E-state index in [4.69, 9.17) is 4.74 Å². The molecule has 0 unspecified atom stereocenters. The van der Waals surface area contributed by atoms with E-state index in [-0.39, 0.29) is 11.9 Å². The quantitative estimate of drug-likeness (QED) is 0.916. The van der Waals surface area contributed by atoms with Crippen LogP contribution in [-0.2, 0) is 0 Å². The van der Waals surface area contributed by atoms with Gasteiger partial charge >= 0.3 is 6.01 Å². The Hall–Kier alpha value is -2.43. The molecule has 0 bridgehead atoms. The Bertz CT molecular complexity index is 594. The summed E-state index contributed by atoms with van der Waals surface area (Å²) in [5.74, 6) is -0.175. The number of amides is 1. The van der Waals surface area contributed by atoms with Gasteiger partial charge in [-0.05, 0) is 25.5 Å². The largest absolute Gasteiger partial charge is 0.467 e. The number of methoxy groups -OCH3 is 1. The molecule has 0 aliphatic carbocycles. The van der Waals surface area contributed by atoms with Crippen LogP contribution in [0.2, 0.25) is 0 Å². The predicted molar refractivity (Wildman–Crippen MR) is 72.5 cm³/mol. The van der Waals surface area contributed by atoms with E-state index in [0.29, 0.717) is 11.3 Å². The summed E-state index contributed by atoms with van der Waals surface area (Å²) in [6, 6.07) is 5.96. The molecule has 1 heterocycles. The van der Waals surface area contributed by atoms with Gasteiger partial charge in [-0.1, -0.05) is 17.7 Å². The highest BCUT2D eigenvalue weighted by molar-refractivity contribution is 6.05. The van der Waals surface area contributed by atoms with E-state index in [9.17, 15) is 4.79 Å². The number of hydrogen-bond acceptors (Lipinski definition) is 4. The van der Waals surface area contributed by atoms with E-state index in [0.717, 1.165) is 11.1 Å². The summed E-state index contributed by atoms with van der Waals surface area (Å²) in [6.45, 7) is 3.90. The standard InChI is InChI=1S/C14H15N3O2/c1-9-4-5-12(10(2)6-9)13(18)17-11-7-15-14(19-3)16-8-11/h4-8H,1-3H3,(H,17,18). The molecule has 1 aromatic carbocycles. The van der Waals surface area contributed by atoms with Gasteiger partial charge in [-0.3, -0.25) is 4.79 Å². The van der Waals surface area contributed by atoms with Gasteiger partial charge in [-0.15, -0.1) is 0 Å². The van der Waals surface area contributed by atoms with Crippen molar-refractivity contribution in [2.24, 2.45) is 0 Å². The molecule has 98 valence electrons. The van der Waals surface area contributed by atoms with Gasteiger partial charge in [0.1, 0.15) is 0 Å². The van der Waals surface area contributed by atoms with Crippen molar-refractivity contribution in [3.05, 3.63) is 47.3 Å². The lowest BCUT2D eigenvalue weighted by Crippen LogP contribution is -2.13. The molecule has 0 atom stereocenters. The van der Waals surface area contributed by atoms with Crippen LogP contribution in [0.3, 0.4) is 0 Å². The van der Waals surface area contributed by atoms with Crippen molar-refractivity contribution >= 4 is 11.6 Å². The molecule has 0 aliphatic rings. The normalized spacial score (nSPS) is 10.1. The Balaban J connectivity index is 2.15. The van der Waals surface area contributed by atoms with Gasteiger partial charge in [0.2, 0.25) is 0 Å². The number of ether oxygens (including phenoxy) is 1. The van der Waals surface area contributed by atoms with Crippen molar-refractivity contribution in [2.45, 2.75) is 13.8 Å². The van der Waals surface area contributed by atoms with Crippen LogP contribution in [0.25, 0.3) is 0 Å². The van der Waals surface area contributed by atoms with Crippen LogP contribution >= 0.6 is 0 Å². The summed E-state index contributed by atoms with van der Waals surface area (Å²) in [5.41, 5.74) is 3.24. The third-order valence-corrected chi connectivity index (χ3v) is 2.70. The Labute approximate surface area is 111 Å². The minimum atomic E-state index is -0.175. The number of aromatic nitrogens is 2. The Morgan fingerprint density at radius 2 is 1.89 bits per heavy atom. The molecule has 1 N–H and O–H groups in total. The average Bonchev–Trinajstić information content (AvgIpc) is 2.39. The van der Waals surface area contributed by atoms with Gasteiger partial charge < -0.3 is 10.1 Å². The summed E-state index contributed by atoms with van der Waals surface area (Å²) in [7, 11) is 1.49. The zero-order valence-electron chi connectivity index (χ0n) is 11.1. The number of rotatable bonds is 3. The molecule has 0 spiro atoms. The monoisotopic (exact) mass is 257 g/mol. The first kappa shape index (κ1) is 13.0. The summed E-state index contributed by atoms with van der Waals surface area (Å²) in [4.78, 5) is 20.0. The van der Waals surface area contributed by atoms with Crippen LogP contribution in [0.15, 0.2) is 30.6 Å². The lowest BCUT2D eigenvalue weighted by Gasteiger charge is -2.08. The lowest BCUT2D eigenvalue weighted by atomic mass is 10.1. The minimum Gasteiger partial charge on any atom is -0.467 e. The molecular weight excluding hydrogens is 242 g/mol. The fraction of sp³-hybridized carbons (Fsp3) is 0.214. The van der Waals surface area contributed by atoms with Crippen molar-refractivity contribution in [3.63, 3.8) is 0 Å². The van der Waals surface area contributed by atoms with E-state index in [2.05, 4.69) is 15.3 Å².